The summed E-state index contributed by atoms with van der Waals surface area (Å²) in [4.78, 5) is 16.0. The summed E-state index contributed by atoms with van der Waals surface area (Å²) in [7, 11) is -2.17. The van der Waals surface area contributed by atoms with E-state index >= 15 is 0 Å². The van der Waals surface area contributed by atoms with Crippen LogP contribution in [0.15, 0.2) is 17.5 Å². The minimum Gasteiger partial charge on any atom is -0.336 e. The van der Waals surface area contributed by atoms with Crippen LogP contribution in [-0.4, -0.2) is 48.7 Å². The second kappa shape index (κ2) is 6.74. The topological polar surface area (TPSA) is 69.7 Å². The van der Waals surface area contributed by atoms with Gasteiger partial charge in [0.05, 0.1) is 6.04 Å². The molecule has 1 aromatic heterocycles. The number of likely N-dealkylation sites (tertiary alicyclic amines) is 1. The fraction of sp³-hybridized carbons (Fsp3) is 0.688. The van der Waals surface area contributed by atoms with Crippen molar-refractivity contribution in [1.29, 1.82) is 0 Å². The molecule has 2 aliphatic rings. The molecule has 0 bridgehead atoms. The number of nitrogens with one attached hydrogen (secondary N) is 1. The van der Waals surface area contributed by atoms with Crippen molar-refractivity contribution in [3.63, 3.8) is 0 Å². The molecular formula is C16H25N3O3S2. The number of carbonyl (C=O) groups is 1. The molecule has 6 nitrogen and oxygen atoms in total. The first-order valence-electron chi connectivity index (χ1n) is 8.42. The van der Waals surface area contributed by atoms with Gasteiger partial charge in [-0.3, -0.25) is 4.79 Å². The molecular weight excluding hydrogens is 346 g/mol. The summed E-state index contributed by atoms with van der Waals surface area (Å²) in [5.74, 6) is -0.0659. The molecule has 4 atom stereocenters. The summed E-state index contributed by atoms with van der Waals surface area (Å²) in [6, 6.07) is 3.15. The average Bonchev–Trinajstić information content (AvgIpc) is 3.03. The number of amides is 1. The molecule has 2 aliphatic heterocycles. The normalized spacial score (nSPS) is 34.2. The molecule has 134 valence electrons. The first kappa shape index (κ1) is 17.8. The molecule has 3 rings (SSSR count). The third-order valence-electron chi connectivity index (χ3n) is 5.19. The third kappa shape index (κ3) is 3.24. The molecule has 1 amide bonds. The van der Waals surface area contributed by atoms with Crippen LogP contribution < -0.4 is 4.72 Å². The monoisotopic (exact) mass is 371 g/mol. The van der Waals surface area contributed by atoms with Crippen molar-refractivity contribution in [2.45, 2.75) is 63.7 Å². The number of piperidine rings is 1. The van der Waals surface area contributed by atoms with Crippen molar-refractivity contribution >= 4 is 27.5 Å². The van der Waals surface area contributed by atoms with Gasteiger partial charge < -0.3 is 4.90 Å². The maximum Gasteiger partial charge on any atom is 0.280 e. The Morgan fingerprint density at radius 2 is 1.96 bits per heavy atom. The SMILES string of the molecule is CC1CCCC(C)N1C(=O)[C@H]1C[C@@H](c2cccs2)NS(=O)(=O)N1C. The molecule has 2 fully saturated rings. The number of likely N-dealkylation sites (N-methyl/N-ethyl adjacent to an activating group) is 1. The van der Waals surface area contributed by atoms with E-state index in [1.807, 2.05) is 22.4 Å². The Morgan fingerprint density at radius 3 is 2.54 bits per heavy atom. The molecule has 1 aromatic rings. The highest BCUT2D eigenvalue weighted by atomic mass is 32.2. The largest absolute Gasteiger partial charge is 0.336 e. The van der Waals surface area contributed by atoms with Crippen LogP contribution in [0, 0.1) is 0 Å². The number of thiophene rings is 1. The van der Waals surface area contributed by atoms with Crippen LogP contribution in [0.1, 0.15) is 50.4 Å². The van der Waals surface area contributed by atoms with Crippen LogP contribution in [0.3, 0.4) is 0 Å². The van der Waals surface area contributed by atoms with E-state index in [1.165, 1.54) is 22.7 Å². The lowest BCUT2D eigenvalue weighted by Gasteiger charge is -2.44. The summed E-state index contributed by atoms with van der Waals surface area (Å²) in [6.45, 7) is 4.11. The highest BCUT2D eigenvalue weighted by Crippen LogP contribution is 2.33. The second-order valence-corrected chi connectivity index (χ2v) is 9.57. The van der Waals surface area contributed by atoms with Gasteiger partial charge in [-0.2, -0.15) is 17.4 Å². The molecule has 2 saturated heterocycles. The summed E-state index contributed by atoms with van der Waals surface area (Å²) < 4.78 is 28.9. The van der Waals surface area contributed by atoms with Crippen molar-refractivity contribution < 1.29 is 13.2 Å². The highest BCUT2D eigenvalue weighted by Gasteiger charge is 2.44. The van der Waals surface area contributed by atoms with E-state index < -0.39 is 16.3 Å². The fourth-order valence-electron chi connectivity index (χ4n) is 3.80. The number of hydrogen-bond donors (Lipinski definition) is 1. The molecule has 3 heterocycles. The Hall–Kier alpha value is -0.960. The number of rotatable bonds is 2. The van der Waals surface area contributed by atoms with E-state index in [4.69, 9.17) is 0 Å². The maximum absolute atomic E-state index is 13.2. The van der Waals surface area contributed by atoms with Crippen molar-refractivity contribution in [2.75, 3.05) is 7.05 Å². The number of hydrogen-bond acceptors (Lipinski definition) is 4. The highest BCUT2D eigenvalue weighted by molar-refractivity contribution is 7.87. The zero-order chi connectivity index (χ0) is 17.5. The smallest absolute Gasteiger partial charge is 0.280 e. The molecule has 1 N–H and O–H groups in total. The second-order valence-electron chi connectivity index (χ2n) is 6.83. The Morgan fingerprint density at radius 1 is 1.29 bits per heavy atom. The van der Waals surface area contributed by atoms with E-state index in [9.17, 15) is 13.2 Å². The average molecular weight is 372 g/mol. The summed E-state index contributed by atoms with van der Waals surface area (Å²) >= 11 is 1.51. The van der Waals surface area contributed by atoms with Crippen LogP contribution in [0.5, 0.6) is 0 Å². The van der Waals surface area contributed by atoms with Gasteiger partial charge in [-0.15, -0.1) is 11.3 Å². The van der Waals surface area contributed by atoms with E-state index in [-0.39, 0.29) is 24.0 Å². The van der Waals surface area contributed by atoms with Crippen molar-refractivity contribution in [1.82, 2.24) is 13.9 Å². The Bertz CT molecular complexity index is 679. The number of carbonyl (C=O) groups excluding carboxylic acids is 1. The van der Waals surface area contributed by atoms with E-state index in [0.29, 0.717) is 6.42 Å². The first-order valence-corrected chi connectivity index (χ1v) is 10.7. The molecule has 0 spiro atoms. The maximum atomic E-state index is 13.2. The fourth-order valence-corrected chi connectivity index (χ4v) is 5.92. The van der Waals surface area contributed by atoms with E-state index in [0.717, 1.165) is 24.1 Å². The molecule has 0 aliphatic carbocycles. The van der Waals surface area contributed by atoms with Gasteiger partial charge in [0.2, 0.25) is 5.91 Å². The van der Waals surface area contributed by atoms with Crippen LogP contribution >= 0.6 is 11.3 Å². The third-order valence-corrected chi connectivity index (χ3v) is 7.77. The Labute approximate surface area is 148 Å². The minimum atomic E-state index is -3.66. The van der Waals surface area contributed by atoms with Crippen LogP contribution in [0.2, 0.25) is 0 Å². The zero-order valence-corrected chi connectivity index (χ0v) is 15.9. The Balaban J connectivity index is 1.88. The molecule has 2 unspecified atom stereocenters. The van der Waals surface area contributed by atoms with Gasteiger partial charge in [-0.25, -0.2) is 0 Å². The van der Waals surface area contributed by atoms with Gasteiger partial charge in [-0.05, 0) is 51.0 Å². The molecule has 0 saturated carbocycles. The number of nitrogens with zero attached hydrogens (tertiary/aromatic N) is 2. The van der Waals surface area contributed by atoms with Gasteiger partial charge in [0.1, 0.15) is 6.04 Å². The molecule has 0 radical (unpaired) electrons. The molecule has 0 aromatic carbocycles. The first-order chi connectivity index (χ1) is 11.3. The van der Waals surface area contributed by atoms with E-state index in [2.05, 4.69) is 18.6 Å². The van der Waals surface area contributed by atoms with Gasteiger partial charge in [0.15, 0.2) is 0 Å². The van der Waals surface area contributed by atoms with Gasteiger partial charge in [-0.1, -0.05) is 6.07 Å². The van der Waals surface area contributed by atoms with Crippen LogP contribution in [-0.2, 0) is 15.0 Å². The summed E-state index contributed by atoms with van der Waals surface area (Å²) in [5, 5.41) is 1.92. The predicted octanol–water partition coefficient (Wildman–Crippen LogP) is 2.12. The minimum absolute atomic E-state index is 0.0659. The Kier molecular flexibility index (Phi) is 5.01. The van der Waals surface area contributed by atoms with Gasteiger partial charge in [0, 0.05) is 24.0 Å². The van der Waals surface area contributed by atoms with Gasteiger partial charge in [0.25, 0.3) is 10.2 Å². The van der Waals surface area contributed by atoms with Crippen molar-refractivity contribution in [2.24, 2.45) is 0 Å². The van der Waals surface area contributed by atoms with Gasteiger partial charge >= 0.3 is 0 Å². The lowest BCUT2D eigenvalue weighted by molar-refractivity contribution is -0.142. The van der Waals surface area contributed by atoms with Crippen molar-refractivity contribution in [3.8, 4) is 0 Å². The predicted molar refractivity (Wildman–Crippen MR) is 94.9 cm³/mol. The van der Waals surface area contributed by atoms with Crippen LogP contribution in [0.25, 0.3) is 0 Å². The summed E-state index contributed by atoms with van der Waals surface area (Å²) in [5.41, 5.74) is 0. The standard InChI is InChI=1S/C16H25N3O3S2/c1-11-6-4-7-12(2)19(11)16(20)14-10-13(15-8-5-9-23-15)17-24(21,22)18(14)3/h5,8-9,11-14,17H,4,6-7,10H2,1-3H3/t11?,12?,13-,14+/m0/s1. The van der Waals surface area contributed by atoms with E-state index in [1.54, 1.807) is 0 Å². The zero-order valence-electron chi connectivity index (χ0n) is 14.3. The lowest BCUT2D eigenvalue weighted by atomic mass is 9.95. The van der Waals surface area contributed by atoms with Crippen molar-refractivity contribution in [3.05, 3.63) is 22.4 Å². The lowest BCUT2D eigenvalue weighted by Crippen LogP contribution is -2.60. The van der Waals surface area contributed by atoms with Crippen LogP contribution in [0.4, 0.5) is 0 Å². The molecule has 8 heteroatoms. The molecule has 24 heavy (non-hydrogen) atoms. The quantitative estimate of drug-likeness (QED) is 0.866. The summed E-state index contributed by atoms with van der Waals surface area (Å²) in [6.07, 6.45) is 3.53.